The SMILES string of the molecule is CC(=O)Nc1ccc(Oc2ccc3c(c2)C[C@@H](NC[C@H](O)c2cccc(Cl)c2)CC3)cc1C(=O)O. The number of aliphatic hydroxyl groups is 1. The van der Waals surface area contributed by atoms with Crippen molar-refractivity contribution in [1.29, 1.82) is 0 Å². The fourth-order valence-corrected chi connectivity index (χ4v) is 4.48. The van der Waals surface area contributed by atoms with Crippen molar-refractivity contribution in [2.75, 3.05) is 11.9 Å². The minimum atomic E-state index is -1.15. The fourth-order valence-electron chi connectivity index (χ4n) is 4.28. The molecule has 4 rings (SSSR count). The van der Waals surface area contributed by atoms with Crippen LogP contribution in [0.2, 0.25) is 5.02 Å². The number of halogens is 1. The Bertz CT molecular complexity index is 1250. The minimum absolute atomic E-state index is 0.0433. The molecule has 0 heterocycles. The van der Waals surface area contributed by atoms with Crippen LogP contribution in [0.15, 0.2) is 60.7 Å². The van der Waals surface area contributed by atoms with Gasteiger partial charge in [0.15, 0.2) is 0 Å². The summed E-state index contributed by atoms with van der Waals surface area (Å²) >= 11 is 6.03. The van der Waals surface area contributed by atoms with Gasteiger partial charge >= 0.3 is 5.97 Å². The van der Waals surface area contributed by atoms with Gasteiger partial charge < -0.3 is 25.6 Å². The summed E-state index contributed by atoms with van der Waals surface area (Å²) in [6.45, 7) is 1.75. The van der Waals surface area contributed by atoms with Crippen LogP contribution in [-0.2, 0) is 17.6 Å². The predicted molar refractivity (Wildman–Crippen MR) is 134 cm³/mol. The Hall–Kier alpha value is -3.39. The highest BCUT2D eigenvalue weighted by Gasteiger charge is 2.21. The number of aliphatic hydroxyl groups excluding tert-OH is 1. The quantitative estimate of drug-likeness (QED) is 0.352. The number of anilines is 1. The molecule has 0 saturated carbocycles. The van der Waals surface area contributed by atoms with Gasteiger partial charge in [0.25, 0.3) is 0 Å². The Morgan fingerprint density at radius 2 is 1.86 bits per heavy atom. The number of carbonyl (C=O) groups excluding carboxylic acids is 1. The third-order valence-corrected chi connectivity index (χ3v) is 6.24. The summed E-state index contributed by atoms with van der Waals surface area (Å²) in [5, 5.41) is 26.6. The Labute approximate surface area is 208 Å². The van der Waals surface area contributed by atoms with Crippen LogP contribution in [0.5, 0.6) is 11.5 Å². The van der Waals surface area contributed by atoms with Crippen LogP contribution in [-0.4, -0.2) is 34.7 Å². The van der Waals surface area contributed by atoms with E-state index in [9.17, 15) is 19.8 Å². The number of benzene rings is 3. The van der Waals surface area contributed by atoms with Crippen molar-refractivity contribution in [3.63, 3.8) is 0 Å². The van der Waals surface area contributed by atoms with Crippen LogP contribution < -0.4 is 15.4 Å². The van der Waals surface area contributed by atoms with E-state index in [2.05, 4.69) is 10.6 Å². The third-order valence-electron chi connectivity index (χ3n) is 6.01. The van der Waals surface area contributed by atoms with E-state index in [0.29, 0.717) is 23.1 Å². The lowest BCUT2D eigenvalue weighted by molar-refractivity contribution is -0.114. The molecule has 0 fully saturated rings. The highest BCUT2D eigenvalue weighted by atomic mass is 35.5. The average molecular weight is 495 g/mol. The second kappa shape index (κ2) is 10.9. The molecule has 1 aliphatic rings. The summed E-state index contributed by atoms with van der Waals surface area (Å²) in [7, 11) is 0. The first-order valence-electron chi connectivity index (χ1n) is 11.4. The second-order valence-electron chi connectivity index (χ2n) is 8.65. The first kappa shape index (κ1) is 24.7. The van der Waals surface area contributed by atoms with E-state index in [4.69, 9.17) is 16.3 Å². The van der Waals surface area contributed by atoms with Gasteiger partial charge in [-0.25, -0.2) is 4.79 Å². The number of rotatable bonds is 8. The maximum atomic E-state index is 11.6. The average Bonchev–Trinajstić information content (AvgIpc) is 2.82. The molecule has 0 unspecified atom stereocenters. The van der Waals surface area contributed by atoms with Gasteiger partial charge in [0.1, 0.15) is 11.5 Å². The van der Waals surface area contributed by atoms with Crippen molar-refractivity contribution in [3.8, 4) is 11.5 Å². The van der Waals surface area contributed by atoms with Gasteiger partial charge in [0, 0.05) is 24.5 Å². The number of hydrogen-bond donors (Lipinski definition) is 4. The molecule has 0 saturated heterocycles. The molecule has 0 radical (unpaired) electrons. The van der Waals surface area contributed by atoms with Gasteiger partial charge in [0.2, 0.25) is 5.91 Å². The molecule has 7 nitrogen and oxygen atoms in total. The molecule has 1 amide bonds. The van der Waals surface area contributed by atoms with Crippen LogP contribution in [0.25, 0.3) is 0 Å². The van der Waals surface area contributed by atoms with E-state index in [0.717, 1.165) is 30.4 Å². The Balaban J connectivity index is 1.42. The monoisotopic (exact) mass is 494 g/mol. The van der Waals surface area contributed by atoms with Crippen LogP contribution in [0, 0.1) is 0 Å². The number of aryl methyl sites for hydroxylation is 1. The van der Waals surface area contributed by atoms with E-state index in [1.165, 1.54) is 24.6 Å². The maximum absolute atomic E-state index is 11.6. The molecule has 1 aliphatic carbocycles. The van der Waals surface area contributed by atoms with Gasteiger partial charge in [-0.2, -0.15) is 0 Å². The molecule has 0 spiro atoms. The van der Waals surface area contributed by atoms with E-state index < -0.39 is 12.1 Å². The van der Waals surface area contributed by atoms with Gasteiger partial charge in [-0.05, 0) is 78.4 Å². The van der Waals surface area contributed by atoms with Crippen molar-refractivity contribution in [3.05, 3.63) is 87.9 Å². The standard InChI is InChI=1S/C27H27ClN2O5/c1-16(31)30-25-10-9-23(14-24(25)27(33)34)35-22-8-6-17-5-7-21(12-19(17)13-22)29-15-26(32)18-3-2-4-20(28)11-18/h2-4,6,8-11,13-14,21,26,29,32H,5,7,12,15H2,1H3,(H,30,31)(H,33,34)/t21-,26-/m0/s1. The number of carboxylic acid groups (broad SMARTS) is 1. The molecule has 35 heavy (non-hydrogen) atoms. The normalized spacial score (nSPS) is 15.7. The summed E-state index contributed by atoms with van der Waals surface area (Å²) in [4.78, 5) is 23.0. The van der Waals surface area contributed by atoms with Gasteiger partial charge in [-0.1, -0.05) is 29.8 Å². The molecule has 3 aromatic rings. The molecule has 3 aromatic carbocycles. The van der Waals surface area contributed by atoms with Gasteiger partial charge in [0.05, 0.1) is 17.4 Å². The summed E-state index contributed by atoms with van der Waals surface area (Å²) < 4.78 is 5.95. The van der Waals surface area contributed by atoms with Gasteiger partial charge in [-0.15, -0.1) is 0 Å². The Kier molecular flexibility index (Phi) is 7.70. The lowest BCUT2D eigenvalue weighted by atomic mass is 9.88. The van der Waals surface area contributed by atoms with E-state index in [1.54, 1.807) is 18.2 Å². The number of nitrogens with one attached hydrogen (secondary N) is 2. The Morgan fingerprint density at radius 3 is 2.60 bits per heavy atom. The van der Waals surface area contributed by atoms with Gasteiger partial charge in [-0.3, -0.25) is 4.79 Å². The second-order valence-corrected chi connectivity index (χ2v) is 9.08. The summed E-state index contributed by atoms with van der Waals surface area (Å²) in [5.74, 6) is -0.531. The molecule has 182 valence electrons. The van der Waals surface area contributed by atoms with Crippen LogP contribution in [0.4, 0.5) is 5.69 Å². The number of ether oxygens (including phenoxy) is 1. The largest absolute Gasteiger partial charge is 0.478 e. The minimum Gasteiger partial charge on any atom is -0.478 e. The molecule has 0 aromatic heterocycles. The molecule has 0 bridgehead atoms. The number of carboxylic acids is 1. The lowest BCUT2D eigenvalue weighted by Crippen LogP contribution is -2.37. The highest BCUT2D eigenvalue weighted by molar-refractivity contribution is 6.30. The maximum Gasteiger partial charge on any atom is 0.337 e. The zero-order valence-corrected chi connectivity index (χ0v) is 20.0. The number of carbonyl (C=O) groups is 2. The summed E-state index contributed by atoms with van der Waals surface area (Å²) in [5.41, 5.74) is 3.35. The van der Waals surface area contributed by atoms with Crippen LogP contribution in [0.3, 0.4) is 0 Å². The van der Waals surface area contributed by atoms with E-state index >= 15 is 0 Å². The fraction of sp³-hybridized carbons (Fsp3) is 0.259. The zero-order chi connectivity index (χ0) is 24.9. The predicted octanol–water partition coefficient (Wildman–Crippen LogP) is 4.97. The van der Waals surface area contributed by atoms with Crippen molar-refractivity contribution >= 4 is 29.2 Å². The first-order valence-corrected chi connectivity index (χ1v) is 11.8. The molecule has 8 heteroatoms. The summed E-state index contributed by atoms with van der Waals surface area (Å²) in [6, 6.07) is 17.9. The molecule has 4 N–H and O–H groups in total. The molecule has 2 atom stereocenters. The van der Waals surface area contributed by atoms with Crippen molar-refractivity contribution < 1.29 is 24.5 Å². The van der Waals surface area contributed by atoms with E-state index in [1.807, 2.05) is 30.3 Å². The zero-order valence-electron chi connectivity index (χ0n) is 19.3. The number of aromatic carboxylic acids is 1. The Morgan fingerprint density at radius 1 is 1.09 bits per heavy atom. The van der Waals surface area contributed by atoms with Crippen LogP contribution >= 0.6 is 11.6 Å². The van der Waals surface area contributed by atoms with Crippen molar-refractivity contribution in [2.45, 2.75) is 38.3 Å². The number of fused-ring (bicyclic) bond motifs is 1. The van der Waals surface area contributed by atoms with Crippen LogP contribution in [0.1, 0.15) is 46.5 Å². The summed E-state index contributed by atoms with van der Waals surface area (Å²) in [6.07, 6.45) is 2.02. The van der Waals surface area contributed by atoms with Crippen molar-refractivity contribution in [1.82, 2.24) is 5.32 Å². The molecule has 0 aliphatic heterocycles. The topological polar surface area (TPSA) is 108 Å². The lowest BCUT2D eigenvalue weighted by Gasteiger charge is -2.27. The molecular formula is C27H27ClN2O5. The number of amides is 1. The van der Waals surface area contributed by atoms with Crippen molar-refractivity contribution in [2.24, 2.45) is 0 Å². The smallest absolute Gasteiger partial charge is 0.337 e. The van der Waals surface area contributed by atoms with E-state index in [-0.39, 0.29) is 23.2 Å². The third kappa shape index (κ3) is 6.39. The highest BCUT2D eigenvalue weighted by Crippen LogP contribution is 2.31. The number of hydrogen-bond acceptors (Lipinski definition) is 5. The first-order chi connectivity index (χ1) is 16.8. The molecular weight excluding hydrogens is 468 g/mol.